The predicted octanol–water partition coefficient (Wildman–Crippen LogP) is 4.67. The molecule has 1 aromatic rings. The smallest absolute Gasteiger partial charge is 0.391 e. The third-order valence-corrected chi connectivity index (χ3v) is 4.60. The Balaban J connectivity index is 2.02. The molecule has 0 bridgehead atoms. The van der Waals surface area contributed by atoms with Gasteiger partial charge in [-0.15, -0.1) is 0 Å². The van der Waals surface area contributed by atoms with E-state index in [4.69, 9.17) is 4.42 Å². The van der Waals surface area contributed by atoms with Gasteiger partial charge in [0, 0.05) is 0 Å². The summed E-state index contributed by atoms with van der Waals surface area (Å²) in [6.07, 6.45) is -0.891. The third kappa shape index (κ3) is 3.34. The molecule has 0 amide bonds. The number of furan rings is 1. The highest BCUT2D eigenvalue weighted by Crippen LogP contribution is 2.44. The van der Waals surface area contributed by atoms with Gasteiger partial charge in [-0.05, 0) is 60.6 Å². The number of alkyl halides is 3. The van der Waals surface area contributed by atoms with Gasteiger partial charge in [0.05, 0.1) is 22.7 Å². The number of rotatable bonds is 3. The van der Waals surface area contributed by atoms with Crippen molar-refractivity contribution in [2.24, 2.45) is 11.8 Å². The van der Waals surface area contributed by atoms with Gasteiger partial charge in [-0.25, -0.2) is 0 Å². The zero-order chi connectivity index (χ0) is 14.0. The quantitative estimate of drug-likeness (QED) is 0.865. The molecule has 2 rings (SSSR count). The minimum atomic E-state index is -4.05. The normalized spacial score (nSPS) is 26.4. The van der Waals surface area contributed by atoms with Crippen molar-refractivity contribution in [3.05, 3.63) is 22.6 Å². The second-order valence-corrected chi connectivity index (χ2v) is 5.91. The molecule has 1 fully saturated rings. The van der Waals surface area contributed by atoms with Crippen LogP contribution in [0, 0.1) is 11.8 Å². The fourth-order valence-electron chi connectivity index (χ4n) is 2.89. The summed E-state index contributed by atoms with van der Waals surface area (Å²) >= 11 is 3.40. The molecular weight excluding hydrogens is 323 g/mol. The molecule has 1 heterocycles. The molecule has 1 aromatic heterocycles. The third-order valence-electron chi connectivity index (χ3n) is 3.94. The largest absolute Gasteiger partial charge is 0.466 e. The molecule has 0 spiro atoms. The Morgan fingerprint density at radius 1 is 1.32 bits per heavy atom. The average molecular weight is 340 g/mol. The Labute approximate surface area is 118 Å². The van der Waals surface area contributed by atoms with Crippen LogP contribution in [0.1, 0.15) is 37.5 Å². The molecule has 6 heteroatoms. The SMILES string of the molecule is CNC(c1occc1Br)C1CCC(C(F)(F)F)CC1. The van der Waals surface area contributed by atoms with Gasteiger partial charge in [0.2, 0.25) is 0 Å². The molecule has 0 radical (unpaired) electrons. The van der Waals surface area contributed by atoms with E-state index in [0.29, 0.717) is 12.8 Å². The van der Waals surface area contributed by atoms with Crippen LogP contribution in [0.15, 0.2) is 21.2 Å². The Hall–Kier alpha value is -0.490. The number of nitrogens with one attached hydrogen (secondary N) is 1. The summed E-state index contributed by atoms with van der Waals surface area (Å²) in [7, 11) is 1.81. The molecule has 1 saturated carbocycles. The highest BCUT2D eigenvalue weighted by atomic mass is 79.9. The molecule has 1 unspecified atom stereocenters. The minimum Gasteiger partial charge on any atom is -0.466 e. The van der Waals surface area contributed by atoms with Crippen LogP contribution in [-0.4, -0.2) is 13.2 Å². The Morgan fingerprint density at radius 3 is 2.37 bits per heavy atom. The van der Waals surface area contributed by atoms with E-state index < -0.39 is 12.1 Å². The van der Waals surface area contributed by atoms with Gasteiger partial charge in [-0.3, -0.25) is 0 Å². The van der Waals surface area contributed by atoms with Crippen LogP contribution in [0.2, 0.25) is 0 Å². The van der Waals surface area contributed by atoms with Gasteiger partial charge >= 0.3 is 6.18 Å². The van der Waals surface area contributed by atoms with Crippen LogP contribution in [-0.2, 0) is 0 Å². The van der Waals surface area contributed by atoms with Gasteiger partial charge in [0.25, 0.3) is 0 Å². The van der Waals surface area contributed by atoms with Crippen LogP contribution >= 0.6 is 15.9 Å². The molecule has 1 atom stereocenters. The van der Waals surface area contributed by atoms with E-state index in [1.807, 2.05) is 7.05 Å². The minimum absolute atomic E-state index is 0.0291. The summed E-state index contributed by atoms with van der Waals surface area (Å²) in [5.41, 5.74) is 0. The second-order valence-electron chi connectivity index (χ2n) is 5.05. The van der Waals surface area contributed by atoms with Crippen LogP contribution in [0.5, 0.6) is 0 Å². The summed E-state index contributed by atoms with van der Waals surface area (Å²) in [5, 5.41) is 3.16. The van der Waals surface area contributed by atoms with E-state index in [-0.39, 0.29) is 24.8 Å². The van der Waals surface area contributed by atoms with Crippen molar-refractivity contribution in [2.45, 2.75) is 37.9 Å². The first-order valence-electron chi connectivity index (χ1n) is 6.40. The molecule has 1 aliphatic carbocycles. The molecule has 2 nitrogen and oxygen atoms in total. The molecule has 19 heavy (non-hydrogen) atoms. The van der Waals surface area contributed by atoms with Crippen molar-refractivity contribution < 1.29 is 17.6 Å². The van der Waals surface area contributed by atoms with E-state index >= 15 is 0 Å². The van der Waals surface area contributed by atoms with Crippen LogP contribution in [0.3, 0.4) is 0 Å². The Kier molecular flexibility index (Phi) is 4.61. The summed E-state index contributed by atoms with van der Waals surface area (Å²) in [6.45, 7) is 0. The molecule has 1 aliphatic rings. The Morgan fingerprint density at radius 2 is 1.95 bits per heavy atom. The summed E-state index contributed by atoms with van der Waals surface area (Å²) in [5.74, 6) is -0.176. The van der Waals surface area contributed by atoms with Crippen LogP contribution in [0.25, 0.3) is 0 Å². The lowest BCUT2D eigenvalue weighted by Gasteiger charge is -2.33. The van der Waals surface area contributed by atoms with E-state index in [2.05, 4.69) is 21.2 Å². The first kappa shape index (κ1) is 14.9. The van der Waals surface area contributed by atoms with E-state index in [1.54, 1.807) is 12.3 Å². The lowest BCUT2D eigenvalue weighted by Crippen LogP contribution is -2.33. The molecule has 0 aliphatic heterocycles. The first-order chi connectivity index (χ1) is 8.93. The maximum atomic E-state index is 12.6. The fraction of sp³-hybridized carbons (Fsp3) is 0.692. The molecular formula is C13H17BrF3NO. The maximum Gasteiger partial charge on any atom is 0.391 e. The van der Waals surface area contributed by atoms with Crippen LogP contribution < -0.4 is 5.32 Å². The zero-order valence-electron chi connectivity index (χ0n) is 10.6. The van der Waals surface area contributed by atoms with Crippen molar-refractivity contribution in [1.82, 2.24) is 5.32 Å². The lowest BCUT2D eigenvalue weighted by molar-refractivity contribution is -0.184. The summed E-state index contributed by atoms with van der Waals surface area (Å²) < 4.78 is 44.2. The predicted molar refractivity (Wildman–Crippen MR) is 69.7 cm³/mol. The van der Waals surface area contributed by atoms with E-state index in [9.17, 15) is 13.2 Å². The van der Waals surface area contributed by atoms with Gasteiger partial charge in [-0.1, -0.05) is 0 Å². The van der Waals surface area contributed by atoms with Gasteiger partial charge in [-0.2, -0.15) is 13.2 Å². The van der Waals surface area contributed by atoms with E-state index in [1.165, 1.54) is 0 Å². The van der Waals surface area contributed by atoms with Gasteiger partial charge < -0.3 is 9.73 Å². The van der Waals surface area contributed by atoms with Crippen molar-refractivity contribution >= 4 is 15.9 Å². The van der Waals surface area contributed by atoms with Crippen molar-refractivity contribution in [3.8, 4) is 0 Å². The number of hydrogen-bond donors (Lipinski definition) is 1. The maximum absolute atomic E-state index is 12.6. The summed E-state index contributed by atoms with van der Waals surface area (Å²) in [4.78, 5) is 0. The number of halogens is 4. The average Bonchev–Trinajstić information content (AvgIpc) is 2.76. The zero-order valence-corrected chi connectivity index (χ0v) is 12.2. The molecule has 0 saturated heterocycles. The number of hydrogen-bond acceptors (Lipinski definition) is 2. The highest BCUT2D eigenvalue weighted by molar-refractivity contribution is 9.10. The first-order valence-corrected chi connectivity index (χ1v) is 7.19. The molecule has 0 aromatic carbocycles. The van der Waals surface area contributed by atoms with E-state index in [0.717, 1.165) is 10.2 Å². The highest BCUT2D eigenvalue weighted by Gasteiger charge is 2.43. The van der Waals surface area contributed by atoms with Crippen molar-refractivity contribution in [2.75, 3.05) is 7.05 Å². The van der Waals surface area contributed by atoms with Crippen LogP contribution in [0.4, 0.5) is 13.2 Å². The topological polar surface area (TPSA) is 25.2 Å². The Bertz CT molecular complexity index is 410. The lowest BCUT2D eigenvalue weighted by atomic mass is 9.77. The standard InChI is InChI=1S/C13H17BrF3NO/c1-18-11(12-10(14)6-7-19-12)8-2-4-9(5-3-8)13(15,16)17/h6-9,11,18H,2-5H2,1H3. The second kappa shape index (κ2) is 5.87. The van der Waals surface area contributed by atoms with Gasteiger partial charge in [0.15, 0.2) is 0 Å². The molecule has 1 N–H and O–H groups in total. The van der Waals surface area contributed by atoms with Crippen molar-refractivity contribution in [3.63, 3.8) is 0 Å². The summed E-state index contributed by atoms with van der Waals surface area (Å²) in [6, 6.07) is 1.78. The molecule has 108 valence electrons. The fourth-order valence-corrected chi connectivity index (χ4v) is 3.34. The van der Waals surface area contributed by atoms with Gasteiger partial charge in [0.1, 0.15) is 5.76 Å². The van der Waals surface area contributed by atoms with Crippen molar-refractivity contribution in [1.29, 1.82) is 0 Å². The monoisotopic (exact) mass is 339 g/mol.